The predicted molar refractivity (Wildman–Crippen MR) is 108 cm³/mol. The summed E-state index contributed by atoms with van der Waals surface area (Å²) < 4.78 is 60.2. The first-order valence-electron chi connectivity index (χ1n) is 9.54. The van der Waals surface area contributed by atoms with E-state index in [0.29, 0.717) is 45.0 Å². The van der Waals surface area contributed by atoms with Crippen LogP contribution in [0.2, 0.25) is 0 Å². The number of hydrogen-bond donors (Lipinski definition) is 1. The normalized spacial score (nSPS) is 15.5. The molecule has 1 fully saturated rings. The van der Waals surface area contributed by atoms with E-state index in [2.05, 4.69) is 9.62 Å². The molecule has 1 N–H and O–H groups in total. The van der Waals surface area contributed by atoms with Gasteiger partial charge in [0.05, 0.1) is 17.2 Å². The van der Waals surface area contributed by atoms with Gasteiger partial charge in [0.2, 0.25) is 10.0 Å². The summed E-state index contributed by atoms with van der Waals surface area (Å²) in [5.41, 5.74) is 0.588. The van der Waals surface area contributed by atoms with Crippen molar-refractivity contribution in [3.05, 3.63) is 54.1 Å². The van der Waals surface area contributed by atoms with Crippen LogP contribution in [-0.2, 0) is 10.0 Å². The van der Waals surface area contributed by atoms with Crippen molar-refractivity contribution in [3.63, 3.8) is 0 Å². The van der Waals surface area contributed by atoms with Crippen LogP contribution in [-0.4, -0.2) is 59.2 Å². The fraction of sp³-hybridized carbons (Fsp3) is 0.400. The Kier molecular flexibility index (Phi) is 7.05. The van der Waals surface area contributed by atoms with Crippen molar-refractivity contribution in [1.29, 1.82) is 0 Å². The Balaban J connectivity index is 1.49. The summed E-state index contributed by atoms with van der Waals surface area (Å²) in [6.07, 6.45) is 0. The van der Waals surface area contributed by atoms with E-state index in [4.69, 9.17) is 4.74 Å². The Morgan fingerprint density at radius 2 is 1.76 bits per heavy atom. The molecule has 9 heteroatoms. The Bertz CT molecular complexity index is 932. The Labute approximate surface area is 170 Å². The van der Waals surface area contributed by atoms with Crippen molar-refractivity contribution in [2.45, 2.75) is 11.8 Å². The van der Waals surface area contributed by atoms with Crippen LogP contribution < -0.4 is 14.4 Å². The van der Waals surface area contributed by atoms with Crippen molar-refractivity contribution in [2.24, 2.45) is 0 Å². The highest BCUT2D eigenvalue weighted by Gasteiger charge is 2.20. The average molecular weight is 426 g/mol. The molecule has 158 valence electrons. The molecule has 29 heavy (non-hydrogen) atoms. The number of anilines is 1. The summed E-state index contributed by atoms with van der Waals surface area (Å²) in [4.78, 5) is 3.96. The Morgan fingerprint density at radius 1 is 1.03 bits per heavy atom. The lowest BCUT2D eigenvalue weighted by atomic mass is 10.2. The smallest absolute Gasteiger partial charge is 0.240 e. The van der Waals surface area contributed by atoms with Crippen LogP contribution in [0.4, 0.5) is 14.5 Å². The van der Waals surface area contributed by atoms with E-state index in [1.165, 1.54) is 18.2 Å². The third-order valence-electron chi connectivity index (χ3n) is 4.80. The number of hydrogen-bond acceptors (Lipinski definition) is 5. The second-order valence-corrected chi connectivity index (χ2v) is 8.47. The molecule has 0 atom stereocenters. The lowest BCUT2D eigenvalue weighted by molar-refractivity contribution is 0.261. The molecular weight excluding hydrogens is 400 g/mol. The van der Waals surface area contributed by atoms with Gasteiger partial charge in [-0.15, -0.1) is 0 Å². The van der Waals surface area contributed by atoms with Gasteiger partial charge in [0, 0.05) is 39.3 Å². The highest BCUT2D eigenvalue weighted by molar-refractivity contribution is 7.89. The predicted octanol–water partition coefficient (Wildman–Crippen LogP) is 2.46. The summed E-state index contributed by atoms with van der Waals surface area (Å²) in [6.45, 7) is 5.48. The van der Waals surface area contributed by atoms with Crippen molar-refractivity contribution >= 4 is 15.7 Å². The number of nitrogens with one attached hydrogen (secondary N) is 1. The topological polar surface area (TPSA) is 61.9 Å². The minimum Gasteiger partial charge on any atom is -0.491 e. The maximum atomic E-state index is 13.9. The molecule has 2 aromatic rings. The summed E-state index contributed by atoms with van der Waals surface area (Å²) in [7, 11) is -3.81. The monoisotopic (exact) mass is 425 g/mol. The van der Waals surface area contributed by atoms with Gasteiger partial charge in [0.1, 0.15) is 5.82 Å². The number of piperazine rings is 1. The van der Waals surface area contributed by atoms with E-state index >= 15 is 0 Å². The fourth-order valence-corrected chi connectivity index (χ4v) is 4.30. The maximum absolute atomic E-state index is 13.9. The van der Waals surface area contributed by atoms with E-state index in [-0.39, 0.29) is 23.0 Å². The SMILES string of the molecule is CCOc1ccc(S(=O)(=O)NCCN2CCN(c3ccccc3F)CC2)cc1F. The van der Waals surface area contributed by atoms with Crippen molar-refractivity contribution in [3.8, 4) is 5.75 Å². The molecule has 0 spiro atoms. The summed E-state index contributed by atoms with van der Waals surface area (Å²) >= 11 is 0. The minimum atomic E-state index is -3.81. The van der Waals surface area contributed by atoms with Gasteiger partial charge >= 0.3 is 0 Å². The number of benzene rings is 2. The highest BCUT2D eigenvalue weighted by Crippen LogP contribution is 2.21. The van der Waals surface area contributed by atoms with Crippen LogP contribution >= 0.6 is 0 Å². The van der Waals surface area contributed by atoms with E-state index in [0.717, 1.165) is 6.07 Å². The number of rotatable bonds is 8. The second kappa shape index (κ2) is 9.51. The van der Waals surface area contributed by atoms with Gasteiger partial charge in [-0.2, -0.15) is 0 Å². The zero-order valence-electron chi connectivity index (χ0n) is 16.3. The molecule has 1 saturated heterocycles. The van der Waals surface area contributed by atoms with Crippen molar-refractivity contribution < 1.29 is 21.9 Å². The molecule has 0 saturated carbocycles. The molecular formula is C20H25F2N3O3S. The largest absolute Gasteiger partial charge is 0.491 e. The molecule has 1 aliphatic heterocycles. The molecule has 6 nitrogen and oxygen atoms in total. The molecule has 0 aliphatic carbocycles. The van der Waals surface area contributed by atoms with Crippen LogP contribution in [0, 0.1) is 11.6 Å². The first-order chi connectivity index (χ1) is 13.9. The molecule has 0 unspecified atom stereocenters. The highest BCUT2D eigenvalue weighted by atomic mass is 32.2. The first kappa shape index (κ1) is 21.5. The van der Waals surface area contributed by atoms with Gasteiger partial charge in [0.25, 0.3) is 0 Å². The third-order valence-corrected chi connectivity index (χ3v) is 6.26. The summed E-state index contributed by atoms with van der Waals surface area (Å²) in [5.74, 6) is -0.922. The van der Waals surface area contributed by atoms with Gasteiger partial charge in [-0.1, -0.05) is 12.1 Å². The zero-order chi connectivity index (χ0) is 20.9. The number of para-hydroxylation sites is 1. The van der Waals surface area contributed by atoms with Gasteiger partial charge in [0.15, 0.2) is 11.6 Å². The molecule has 2 aromatic carbocycles. The fourth-order valence-electron chi connectivity index (χ4n) is 3.26. The number of halogens is 2. The van der Waals surface area contributed by atoms with E-state index < -0.39 is 15.8 Å². The van der Waals surface area contributed by atoms with E-state index in [1.807, 2.05) is 11.0 Å². The molecule has 1 heterocycles. The van der Waals surface area contributed by atoms with E-state index in [9.17, 15) is 17.2 Å². The maximum Gasteiger partial charge on any atom is 0.240 e. The summed E-state index contributed by atoms with van der Waals surface area (Å²) in [6, 6.07) is 10.3. The molecule has 0 radical (unpaired) electrons. The van der Waals surface area contributed by atoms with Gasteiger partial charge in [-0.05, 0) is 37.3 Å². The lowest BCUT2D eigenvalue weighted by Gasteiger charge is -2.36. The zero-order valence-corrected chi connectivity index (χ0v) is 17.1. The molecule has 0 bridgehead atoms. The number of ether oxygens (including phenoxy) is 1. The van der Waals surface area contributed by atoms with Crippen LogP contribution in [0.15, 0.2) is 47.4 Å². The second-order valence-electron chi connectivity index (χ2n) is 6.70. The van der Waals surface area contributed by atoms with Gasteiger partial charge in [-0.25, -0.2) is 21.9 Å². The van der Waals surface area contributed by atoms with Crippen LogP contribution in [0.25, 0.3) is 0 Å². The minimum absolute atomic E-state index is 0.0270. The number of nitrogens with zero attached hydrogens (tertiary/aromatic N) is 2. The van der Waals surface area contributed by atoms with E-state index in [1.54, 1.807) is 19.1 Å². The van der Waals surface area contributed by atoms with Gasteiger partial charge < -0.3 is 9.64 Å². The lowest BCUT2D eigenvalue weighted by Crippen LogP contribution is -2.48. The standard InChI is InChI=1S/C20H25F2N3O3S/c1-2-28-20-8-7-16(15-18(20)22)29(26,27)23-9-10-24-11-13-25(14-12-24)19-6-4-3-5-17(19)21/h3-8,15,23H,2,9-14H2,1H3. The van der Waals surface area contributed by atoms with Crippen LogP contribution in [0.1, 0.15) is 6.92 Å². The molecule has 0 amide bonds. The van der Waals surface area contributed by atoms with Gasteiger partial charge in [-0.3, -0.25) is 4.90 Å². The number of sulfonamides is 1. The first-order valence-corrected chi connectivity index (χ1v) is 11.0. The molecule has 1 aliphatic rings. The quantitative estimate of drug-likeness (QED) is 0.704. The average Bonchev–Trinajstić information content (AvgIpc) is 2.70. The molecule has 0 aromatic heterocycles. The summed E-state index contributed by atoms with van der Waals surface area (Å²) in [5, 5.41) is 0. The Morgan fingerprint density at radius 3 is 2.41 bits per heavy atom. The van der Waals surface area contributed by atoms with Crippen molar-refractivity contribution in [2.75, 3.05) is 50.8 Å². The molecule has 3 rings (SSSR count). The van der Waals surface area contributed by atoms with Crippen molar-refractivity contribution in [1.82, 2.24) is 9.62 Å². The third kappa shape index (κ3) is 5.43. The van der Waals surface area contributed by atoms with Crippen LogP contribution in [0.5, 0.6) is 5.75 Å². The Hall–Kier alpha value is -2.23. The van der Waals surface area contributed by atoms with Crippen LogP contribution in [0.3, 0.4) is 0 Å².